The number of piperazine rings is 1. The van der Waals surface area contributed by atoms with E-state index in [0.717, 1.165) is 63.5 Å². The molecule has 1 atom stereocenters. The fraction of sp³-hybridized carbons (Fsp3) is 0.405. The van der Waals surface area contributed by atoms with E-state index in [1.54, 1.807) is 11.2 Å². The summed E-state index contributed by atoms with van der Waals surface area (Å²) in [6.45, 7) is 18.2. The Morgan fingerprint density at radius 1 is 0.939 bits per heavy atom. The van der Waals surface area contributed by atoms with Gasteiger partial charge in [0.2, 0.25) is 5.89 Å². The Hall–Kier alpha value is -5.26. The number of hydrogen-bond donors (Lipinski definition) is 2. The Kier molecular flexibility index (Phi) is 8.91. The fourth-order valence-corrected chi connectivity index (χ4v) is 5.92. The molecule has 4 heterocycles. The molecule has 49 heavy (non-hydrogen) atoms. The van der Waals surface area contributed by atoms with Crippen molar-refractivity contribution in [1.82, 2.24) is 35.3 Å². The van der Waals surface area contributed by atoms with Crippen LogP contribution in [0, 0.1) is 6.92 Å². The van der Waals surface area contributed by atoms with Gasteiger partial charge in [0.25, 0.3) is 11.7 Å². The molecule has 2 amide bonds. The number of rotatable bonds is 6. The Balaban J connectivity index is 1.14. The van der Waals surface area contributed by atoms with Crippen LogP contribution in [0.25, 0.3) is 33.5 Å². The molecule has 0 spiro atoms. The highest BCUT2D eigenvalue weighted by atomic mass is 16.6. The monoisotopic (exact) mass is 664 g/mol. The number of aromatic nitrogens is 5. The number of aromatic amines is 1. The Bertz CT molecular complexity index is 1980. The van der Waals surface area contributed by atoms with Gasteiger partial charge in [-0.25, -0.2) is 14.8 Å². The van der Waals surface area contributed by atoms with E-state index in [1.165, 1.54) is 0 Å². The summed E-state index contributed by atoms with van der Waals surface area (Å²) in [5.41, 5.74) is 6.75. The van der Waals surface area contributed by atoms with Crippen molar-refractivity contribution in [2.75, 3.05) is 31.1 Å². The quantitative estimate of drug-likeness (QED) is 0.200. The third kappa shape index (κ3) is 7.43. The standard InChI is InChI=1S/C37H44N8O4/c1-22-19-25(11-14-27(22)23(2)40-33(46)32-42-34(49-43-32)36(3,4)5)30-28-20-29(41-31(28)39-21-38-30)24-9-12-26(13-10-24)44-15-17-45(18-16-44)35(47)48-37(6,7)8/h9-14,19-21,23H,15-18H2,1-8H3,(H,40,46)(H,38,39,41)/t23-/m1/s1. The third-order valence-electron chi connectivity index (χ3n) is 8.53. The summed E-state index contributed by atoms with van der Waals surface area (Å²) in [4.78, 5) is 46.3. The molecule has 5 aromatic rings. The van der Waals surface area contributed by atoms with Crippen LogP contribution in [-0.2, 0) is 10.2 Å². The second-order valence-electron chi connectivity index (χ2n) is 14.6. The number of nitrogens with one attached hydrogen (secondary N) is 2. The Labute approximate surface area is 286 Å². The highest BCUT2D eigenvalue weighted by Gasteiger charge is 2.27. The Morgan fingerprint density at radius 2 is 1.63 bits per heavy atom. The molecule has 12 nitrogen and oxygen atoms in total. The van der Waals surface area contributed by atoms with Gasteiger partial charge in [0.05, 0.1) is 11.7 Å². The summed E-state index contributed by atoms with van der Waals surface area (Å²) in [6, 6.07) is 16.3. The van der Waals surface area contributed by atoms with E-state index < -0.39 is 5.60 Å². The molecule has 0 unspecified atom stereocenters. The number of fused-ring (bicyclic) bond motifs is 1. The van der Waals surface area contributed by atoms with Gasteiger partial charge >= 0.3 is 6.09 Å². The zero-order valence-electron chi connectivity index (χ0n) is 29.4. The van der Waals surface area contributed by atoms with Crippen LogP contribution in [0.15, 0.2) is 59.4 Å². The van der Waals surface area contributed by atoms with E-state index in [-0.39, 0.29) is 29.3 Å². The molecular formula is C37H44N8O4. The molecule has 3 aromatic heterocycles. The maximum atomic E-state index is 12.9. The van der Waals surface area contributed by atoms with Gasteiger partial charge in [0.1, 0.15) is 17.6 Å². The predicted molar refractivity (Wildman–Crippen MR) is 188 cm³/mol. The predicted octanol–water partition coefficient (Wildman–Crippen LogP) is 6.83. The summed E-state index contributed by atoms with van der Waals surface area (Å²) in [7, 11) is 0. The minimum atomic E-state index is -0.503. The number of aryl methyl sites for hydroxylation is 1. The van der Waals surface area contributed by atoms with Crippen molar-refractivity contribution in [3.8, 4) is 22.5 Å². The summed E-state index contributed by atoms with van der Waals surface area (Å²) in [5.74, 6) is 0.0470. The molecule has 0 saturated carbocycles. The van der Waals surface area contributed by atoms with E-state index in [1.807, 2.05) is 67.5 Å². The average molecular weight is 665 g/mol. The van der Waals surface area contributed by atoms with Gasteiger partial charge in [0, 0.05) is 53.9 Å². The van der Waals surface area contributed by atoms with Gasteiger partial charge in [0.15, 0.2) is 0 Å². The number of nitrogens with zero attached hydrogens (tertiary/aromatic N) is 6. The molecule has 0 bridgehead atoms. The van der Waals surface area contributed by atoms with E-state index in [9.17, 15) is 9.59 Å². The summed E-state index contributed by atoms with van der Waals surface area (Å²) in [5, 5.41) is 7.77. The summed E-state index contributed by atoms with van der Waals surface area (Å²) < 4.78 is 10.8. The number of hydrogen-bond acceptors (Lipinski definition) is 9. The van der Waals surface area contributed by atoms with Crippen molar-refractivity contribution in [1.29, 1.82) is 0 Å². The minimum Gasteiger partial charge on any atom is -0.444 e. The molecule has 6 rings (SSSR count). The molecular weight excluding hydrogens is 620 g/mol. The smallest absolute Gasteiger partial charge is 0.410 e. The van der Waals surface area contributed by atoms with Gasteiger partial charge in [-0.05, 0) is 75.6 Å². The first-order valence-corrected chi connectivity index (χ1v) is 16.6. The molecule has 1 aliphatic rings. The highest BCUT2D eigenvalue weighted by Crippen LogP contribution is 2.33. The number of ether oxygens (including phenoxy) is 1. The maximum absolute atomic E-state index is 12.9. The van der Waals surface area contributed by atoms with Gasteiger partial charge < -0.3 is 29.4 Å². The van der Waals surface area contributed by atoms with Gasteiger partial charge in [-0.1, -0.05) is 50.2 Å². The lowest BCUT2D eigenvalue weighted by Gasteiger charge is -2.36. The van der Waals surface area contributed by atoms with E-state index in [2.05, 4.69) is 71.7 Å². The molecule has 0 radical (unpaired) electrons. The van der Waals surface area contributed by atoms with Gasteiger partial charge in [-0.2, -0.15) is 4.98 Å². The fourth-order valence-electron chi connectivity index (χ4n) is 5.92. The van der Waals surface area contributed by atoms with Crippen LogP contribution in [-0.4, -0.2) is 73.8 Å². The maximum Gasteiger partial charge on any atom is 0.410 e. The largest absolute Gasteiger partial charge is 0.444 e. The first kappa shape index (κ1) is 33.6. The average Bonchev–Trinajstić information content (AvgIpc) is 3.73. The van der Waals surface area contributed by atoms with Crippen LogP contribution in [0.3, 0.4) is 0 Å². The molecule has 0 aliphatic carbocycles. The number of anilines is 1. The number of benzene rings is 2. The van der Waals surface area contributed by atoms with Crippen LogP contribution in [0.2, 0.25) is 0 Å². The SMILES string of the molecule is Cc1cc(-c2ncnc3[nH]c(-c4ccc(N5CCN(C(=O)OC(C)(C)C)CC5)cc4)cc23)ccc1[C@@H](C)NC(=O)c1noc(C(C)(C)C)n1. The van der Waals surface area contributed by atoms with E-state index in [4.69, 9.17) is 9.26 Å². The van der Waals surface area contributed by atoms with Crippen molar-refractivity contribution in [3.05, 3.63) is 77.7 Å². The lowest BCUT2D eigenvalue weighted by molar-refractivity contribution is 0.0240. The first-order chi connectivity index (χ1) is 23.2. The van der Waals surface area contributed by atoms with Crippen LogP contribution in [0.5, 0.6) is 0 Å². The molecule has 2 N–H and O–H groups in total. The first-order valence-electron chi connectivity index (χ1n) is 16.6. The summed E-state index contributed by atoms with van der Waals surface area (Å²) >= 11 is 0. The normalized spacial score (nSPS) is 14.6. The van der Waals surface area contributed by atoms with Crippen molar-refractivity contribution >= 4 is 28.7 Å². The molecule has 1 saturated heterocycles. The zero-order valence-corrected chi connectivity index (χ0v) is 29.4. The topological polar surface area (TPSA) is 142 Å². The second-order valence-corrected chi connectivity index (χ2v) is 14.6. The Morgan fingerprint density at radius 3 is 2.27 bits per heavy atom. The van der Waals surface area contributed by atoms with E-state index >= 15 is 0 Å². The minimum absolute atomic E-state index is 0.0189. The van der Waals surface area contributed by atoms with Crippen LogP contribution in [0.4, 0.5) is 10.5 Å². The second kappa shape index (κ2) is 13.0. The van der Waals surface area contributed by atoms with Crippen molar-refractivity contribution in [2.24, 2.45) is 0 Å². The highest BCUT2D eigenvalue weighted by molar-refractivity contribution is 5.94. The lowest BCUT2D eigenvalue weighted by Crippen LogP contribution is -2.50. The number of carbonyl (C=O) groups is 2. The zero-order chi connectivity index (χ0) is 35.1. The van der Waals surface area contributed by atoms with Gasteiger partial charge in [-0.15, -0.1) is 0 Å². The van der Waals surface area contributed by atoms with Crippen LogP contribution >= 0.6 is 0 Å². The number of H-pyrrole nitrogens is 1. The molecule has 1 fully saturated rings. The molecule has 1 aliphatic heterocycles. The number of amides is 2. The number of carbonyl (C=O) groups excluding carboxylic acids is 2. The van der Waals surface area contributed by atoms with Gasteiger partial charge in [-0.3, -0.25) is 4.79 Å². The van der Waals surface area contributed by atoms with Crippen molar-refractivity contribution < 1.29 is 18.8 Å². The molecule has 2 aromatic carbocycles. The van der Waals surface area contributed by atoms with Crippen LogP contribution < -0.4 is 10.2 Å². The van der Waals surface area contributed by atoms with Crippen molar-refractivity contribution in [2.45, 2.75) is 72.4 Å². The van der Waals surface area contributed by atoms with Crippen molar-refractivity contribution in [3.63, 3.8) is 0 Å². The molecule has 12 heteroatoms. The van der Waals surface area contributed by atoms with E-state index in [0.29, 0.717) is 19.0 Å². The third-order valence-corrected chi connectivity index (χ3v) is 8.53. The summed E-state index contributed by atoms with van der Waals surface area (Å²) in [6.07, 6.45) is 1.31. The molecule has 256 valence electrons. The van der Waals surface area contributed by atoms with Crippen LogP contribution in [0.1, 0.15) is 82.1 Å². The lowest BCUT2D eigenvalue weighted by atomic mass is 9.97.